The molecule has 0 radical (unpaired) electrons. The van der Waals surface area contributed by atoms with E-state index < -0.39 is 20.5 Å². The van der Waals surface area contributed by atoms with Crippen LogP contribution in [0.5, 0.6) is 11.5 Å². The molecule has 1 heterocycles. The van der Waals surface area contributed by atoms with E-state index in [2.05, 4.69) is 6.07 Å². The highest BCUT2D eigenvalue weighted by Crippen LogP contribution is 2.27. The zero-order chi connectivity index (χ0) is 24.9. The summed E-state index contributed by atoms with van der Waals surface area (Å²) in [6, 6.07) is 19.1. The van der Waals surface area contributed by atoms with Crippen molar-refractivity contribution in [1.29, 1.82) is 5.26 Å². The Morgan fingerprint density at radius 3 is 2.41 bits per heavy atom. The lowest BCUT2D eigenvalue weighted by Gasteiger charge is -2.25. The molecule has 0 unspecified atom stereocenters. The number of carbonyl (C=O) groups is 1. The van der Waals surface area contributed by atoms with Crippen LogP contribution in [0.15, 0.2) is 71.7 Å². The molecule has 1 aromatic heterocycles. The molecule has 0 aliphatic heterocycles. The van der Waals surface area contributed by atoms with E-state index in [9.17, 15) is 23.3 Å². The van der Waals surface area contributed by atoms with Crippen molar-refractivity contribution in [2.75, 3.05) is 6.26 Å². The number of nitriles is 1. The topological polar surface area (TPSA) is 138 Å². The highest BCUT2D eigenvalue weighted by Gasteiger charge is 2.43. The predicted molar refractivity (Wildman–Crippen MR) is 125 cm³/mol. The molecular formula is C24H23N3O6S. The Hall–Kier alpha value is -3.94. The summed E-state index contributed by atoms with van der Waals surface area (Å²) in [6.07, 6.45) is 2.22. The summed E-state index contributed by atoms with van der Waals surface area (Å²) in [6.45, 7) is 1.16. The average molecular weight is 482 g/mol. The van der Waals surface area contributed by atoms with Crippen LogP contribution in [0.4, 0.5) is 0 Å². The second-order valence-electron chi connectivity index (χ2n) is 7.88. The smallest absolute Gasteiger partial charge is 0.264 e. The number of ether oxygens (including phenoxy) is 1. The lowest BCUT2D eigenvalue weighted by atomic mass is 10.1. The Morgan fingerprint density at radius 1 is 1.15 bits per heavy atom. The number of sulfone groups is 1. The van der Waals surface area contributed by atoms with Crippen LogP contribution < -0.4 is 15.8 Å². The standard InChI is InChI=1S/C24H23N3O6S/c1-24(23(29)26-30,34(2,31)32)12-14-27-13-11-18(15-22(27)28)17-7-9-20(10-8-17)33-21-6-4-3-5-19(21)16-25/h3-11,13,15,30H,12,14H2,1-2H3,(H,26,29)/t24-/m1/s1. The first-order valence-corrected chi connectivity index (χ1v) is 12.1. The van der Waals surface area contributed by atoms with Gasteiger partial charge in [-0.2, -0.15) is 5.26 Å². The SMILES string of the molecule is C[C@@](CCn1ccc(-c2ccc(Oc3ccccc3C#N)cc2)cc1=O)(C(=O)NO)S(C)(=O)=O. The normalized spacial score (nSPS) is 12.9. The van der Waals surface area contributed by atoms with Gasteiger partial charge in [-0.1, -0.05) is 24.3 Å². The lowest BCUT2D eigenvalue weighted by molar-refractivity contribution is -0.131. The first-order chi connectivity index (χ1) is 16.1. The fourth-order valence-corrected chi connectivity index (χ4v) is 4.13. The van der Waals surface area contributed by atoms with E-state index in [0.29, 0.717) is 22.6 Å². The largest absolute Gasteiger partial charge is 0.456 e. The summed E-state index contributed by atoms with van der Waals surface area (Å²) < 4.78 is 29.4. The quantitative estimate of drug-likeness (QED) is 0.373. The third-order valence-corrected chi connectivity index (χ3v) is 7.68. The molecule has 0 bridgehead atoms. The number of rotatable bonds is 8. The molecule has 0 saturated heterocycles. The van der Waals surface area contributed by atoms with Gasteiger partial charge in [-0.15, -0.1) is 0 Å². The van der Waals surface area contributed by atoms with Crippen molar-refractivity contribution >= 4 is 15.7 Å². The number of hydrogen-bond donors (Lipinski definition) is 2. The third-order valence-electron chi connectivity index (χ3n) is 5.65. The summed E-state index contributed by atoms with van der Waals surface area (Å²) in [7, 11) is -3.86. The molecule has 0 saturated carbocycles. The van der Waals surface area contributed by atoms with Gasteiger partial charge in [0.1, 0.15) is 17.6 Å². The maximum Gasteiger partial charge on any atom is 0.264 e. The van der Waals surface area contributed by atoms with Crippen molar-refractivity contribution < 1.29 is 23.2 Å². The number of benzene rings is 2. The Bertz CT molecular complexity index is 1410. The summed E-state index contributed by atoms with van der Waals surface area (Å²) >= 11 is 0. The maximum atomic E-state index is 12.6. The fraction of sp³-hybridized carbons (Fsp3) is 0.208. The van der Waals surface area contributed by atoms with Gasteiger partial charge in [0.2, 0.25) is 0 Å². The van der Waals surface area contributed by atoms with Gasteiger partial charge in [-0.3, -0.25) is 14.8 Å². The molecule has 2 N–H and O–H groups in total. The van der Waals surface area contributed by atoms with Crippen molar-refractivity contribution in [3.8, 4) is 28.7 Å². The van der Waals surface area contributed by atoms with Gasteiger partial charge in [0.05, 0.1) is 5.56 Å². The molecular weight excluding hydrogens is 458 g/mol. The second-order valence-corrected chi connectivity index (χ2v) is 10.3. The highest BCUT2D eigenvalue weighted by molar-refractivity contribution is 7.92. The minimum atomic E-state index is -3.86. The number of para-hydroxylation sites is 1. The minimum absolute atomic E-state index is 0.0405. The molecule has 2 aromatic carbocycles. The number of amides is 1. The summed E-state index contributed by atoms with van der Waals surface area (Å²) in [5.41, 5.74) is 2.83. The Balaban J connectivity index is 1.77. The highest BCUT2D eigenvalue weighted by atomic mass is 32.2. The molecule has 9 nitrogen and oxygen atoms in total. The van der Waals surface area contributed by atoms with Gasteiger partial charge >= 0.3 is 0 Å². The number of hydrogen-bond acceptors (Lipinski definition) is 7. The number of hydroxylamine groups is 1. The van der Waals surface area contributed by atoms with Crippen LogP contribution in [0.25, 0.3) is 11.1 Å². The first kappa shape index (κ1) is 24.7. The third kappa shape index (κ3) is 5.17. The Kier molecular flexibility index (Phi) is 7.20. The molecule has 176 valence electrons. The van der Waals surface area contributed by atoms with Crippen molar-refractivity contribution in [3.05, 3.63) is 82.8 Å². The summed E-state index contributed by atoms with van der Waals surface area (Å²) in [5.74, 6) is -0.0855. The molecule has 0 fully saturated rings. The van der Waals surface area contributed by atoms with E-state index in [0.717, 1.165) is 11.8 Å². The lowest BCUT2D eigenvalue weighted by Crippen LogP contribution is -2.49. The number of pyridine rings is 1. The maximum absolute atomic E-state index is 12.6. The number of nitrogens with zero attached hydrogens (tertiary/aromatic N) is 2. The monoisotopic (exact) mass is 481 g/mol. The van der Waals surface area contributed by atoms with Crippen LogP contribution in [0, 0.1) is 11.3 Å². The van der Waals surface area contributed by atoms with Gasteiger partial charge in [-0.05, 0) is 54.8 Å². The van der Waals surface area contributed by atoms with Gasteiger partial charge in [0, 0.05) is 25.1 Å². The van der Waals surface area contributed by atoms with E-state index in [-0.39, 0.29) is 18.5 Å². The van der Waals surface area contributed by atoms with Crippen LogP contribution in [0.3, 0.4) is 0 Å². The zero-order valence-electron chi connectivity index (χ0n) is 18.6. The zero-order valence-corrected chi connectivity index (χ0v) is 19.4. The molecule has 0 aliphatic carbocycles. The molecule has 0 spiro atoms. The Morgan fingerprint density at radius 2 is 1.82 bits per heavy atom. The van der Waals surface area contributed by atoms with Crippen LogP contribution in [-0.2, 0) is 21.2 Å². The predicted octanol–water partition coefficient (Wildman–Crippen LogP) is 2.88. The molecule has 10 heteroatoms. The fourth-order valence-electron chi connectivity index (χ4n) is 3.28. The van der Waals surface area contributed by atoms with E-state index in [1.54, 1.807) is 54.6 Å². The molecule has 34 heavy (non-hydrogen) atoms. The van der Waals surface area contributed by atoms with E-state index >= 15 is 0 Å². The van der Waals surface area contributed by atoms with Crippen LogP contribution in [0.1, 0.15) is 18.9 Å². The number of carbonyl (C=O) groups excluding carboxylic acids is 1. The van der Waals surface area contributed by atoms with Gasteiger partial charge in [-0.25, -0.2) is 13.9 Å². The van der Waals surface area contributed by atoms with Crippen LogP contribution in [-0.4, -0.2) is 35.1 Å². The first-order valence-electron chi connectivity index (χ1n) is 10.2. The van der Waals surface area contributed by atoms with Crippen molar-refractivity contribution in [1.82, 2.24) is 10.0 Å². The van der Waals surface area contributed by atoms with Crippen molar-refractivity contribution in [2.24, 2.45) is 0 Å². The minimum Gasteiger partial charge on any atom is -0.456 e. The number of aryl methyl sites for hydroxylation is 1. The van der Waals surface area contributed by atoms with Gasteiger partial charge in [0.15, 0.2) is 14.6 Å². The van der Waals surface area contributed by atoms with E-state index in [1.807, 2.05) is 0 Å². The number of aromatic nitrogens is 1. The van der Waals surface area contributed by atoms with Crippen LogP contribution in [0.2, 0.25) is 0 Å². The number of nitrogens with one attached hydrogen (secondary N) is 1. The summed E-state index contributed by atoms with van der Waals surface area (Å²) in [5, 5.41) is 18.1. The Labute approximate surface area is 196 Å². The molecule has 3 rings (SSSR count). The average Bonchev–Trinajstić information content (AvgIpc) is 2.82. The van der Waals surface area contributed by atoms with Gasteiger partial charge < -0.3 is 9.30 Å². The van der Waals surface area contributed by atoms with Gasteiger partial charge in [0.25, 0.3) is 11.5 Å². The summed E-state index contributed by atoms with van der Waals surface area (Å²) in [4.78, 5) is 24.6. The molecule has 1 amide bonds. The second kappa shape index (κ2) is 9.91. The van der Waals surface area contributed by atoms with Crippen LogP contribution >= 0.6 is 0 Å². The van der Waals surface area contributed by atoms with E-state index in [4.69, 9.17) is 9.94 Å². The van der Waals surface area contributed by atoms with Crippen molar-refractivity contribution in [3.63, 3.8) is 0 Å². The van der Waals surface area contributed by atoms with Crippen molar-refractivity contribution in [2.45, 2.75) is 24.6 Å². The van der Waals surface area contributed by atoms with E-state index in [1.165, 1.54) is 29.2 Å². The molecule has 1 atom stereocenters. The molecule has 0 aliphatic rings. The molecule has 3 aromatic rings.